The molecular weight excluding hydrogens is 254 g/mol. The van der Waals surface area contributed by atoms with Gasteiger partial charge < -0.3 is 0 Å². The van der Waals surface area contributed by atoms with E-state index in [4.69, 9.17) is 0 Å². The van der Waals surface area contributed by atoms with Crippen molar-refractivity contribution < 1.29 is 4.39 Å². The van der Waals surface area contributed by atoms with Crippen LogP contribution in [-0.4, -0.2) is 0 Å². The van der Waals surface area contributed by atoms with Crippen LogP contribution in [0.2, 0.25) is 0 Å². The highest BCUT2D eigenvalue weighted by molar-refractivity contribution is 14.1. The van der Waals surface area contributed by atoms with Crippen LogP contribution in [0, 0.1) is 9.39 Å². The quantitative estimate of drug-likeness (QED) is 0.681. The van der Waals surface area contributed by atoms with Crippen molar-refractivity contribution in [2.24, 2.45) is 0 Å². The van der Waals surface area contributed by atoms with Gasteiger partial charge in [0.2, 0.25) is 0 Å². The molecule has 1 fully saturated rings. The third kappa shape index (κ3) is 1.55. The standard InChI is InChI=1S/C9H8FI/c10-9-4-3-7(11)5-8(9)6-1-2-6/h3-6H,1-2H2. The van der Waals surface area contributed by atoms with Crippen LogP contribution in [0.5, 0.6) is 0 Å². The van der Waals surface area contributed by atoms with E-state index in [1.165, 1.54) is 0 Å². The zero-order valence-electron chi connectivity index (χ0n) is 5.98. The molecule has 0 bridgehead atoms. The van der Waals surface area contributed by atoms with Crippen LogP contribution in [0.3, 0.4) is 0 Å². The molecule has 0 aromatic heterocycles. The second-order valence-corrected chi connectivity index (χ2v) is 4.19. The van der Waals surface area contributed by atoms with Gasteiger partial charge in [-0.1, -0.05) is 0 Å². The molecule has 0 unspecified atom stereocenters. The lowest BCUT2D eigenvalue weighted by atomic mass is 10.1. The summed E-state index contributed by atoms with van der Waals surface area (Å²) >= 11 is 2.22. The van der Waals surface area contributed by atoms with Crippen LogP contribution in [0.15, 0.2) is 18.2 Å². The fraction of sp³-hybridized carbons (Fsp3) is 0.333. The molecule has 1 aromatic rings. The van der Waals surface area contributed by atoms with E-state index >= 15 is 0 Å². The van der Waals surface area contributed by atoms with E-state index in [2.05, 4.69) is 22.6 Å². The fourth-order valence-corrected chi connectivity index (χ4v) is 1.74. The number of hydrogen-bond donors (Lipinski definition) is 0. The predicted octanol–water partition coefficient (Wildman–Crippen LogP) is 3.31. The molecule has 0 atom stereocenters. The third-order valence-electron chi connectivity index (χ3n) is 1.98. The second kappa shape index (κ2) is 2.73. The Morgan fingerprint density at radius 1 is 1.36 bits per heavy atom. The number of rotatable bonds is 1. The first-order valence-electron chi connectivity index (χ1n) is 3.72. The largest absolute Gasteiger partial charge is 0.207 e. The van der Waals surface area contributed by atoms with Gasteiger partial charge in [0.1, 0.15) is 5.82 Å². The van der Waals surface area contributed by atoms with Crippen molar-refractivity contribution in [2.45, 2.75) is 18.8 Å². The van der Waals surface area contributed by atoms with Gasteiger partial charge in [0.25, 0.3) is 0 Å². The molecule has 1 aliphatic carbocycles. The third-order valence-corrected chi connectivity index (χ3v) is 2.65. The van der Waals surface area contributed by atoms with E-state index < -0.39 is 0 Å². The molecule has 0 saturated heterocycles. The lowest BCUT2D eigenvalue weighted by Gasteiger charge is -1.99. The summed E-state index contributed by atoms with van der Waals surface area (Å²) in [4.78, 5) is 0. The Hall–Kier alpha value is -0.120. The summed E-state index contributed by atoms with van der Waals surface area (Å²) in [6.07, 6.45) is 2.33. The van der Waals surface area contributed by atoms with E-state index in [9.17, 15) is 4.39 Å². The van der Waals surface area contributed by atoms with Crippen LogP contribution >= 0.6 is 22.6 Å². The van der Waals surface area contributed by atoms with Crippen molar-refractivity contribution in [3.63, 3.8) is 0 Å². The average molecular weight is 262 g/mol. The summed E-state index contributed by atoms with van der Waals surface area (Å²) < 4.78 is 14.2. The highest BCUT2D eigenvalue weighted by Crippen LogP contribution is 2.41. The molecule has 2 rings (SSSR count). The average Bonchev–Trinajstić information content (AvgIpc) is 2.76. The predicted molar refractivity (Wildman–Crippen MR) is 51.1 cm³/mol. The molecule has 58 valence electrons. The van der Waals surface area contributed by atoms with Crippen molar-refractivity contribution in [3.8, 4) is 0 Å². The normalized spacial score (nSPS) is 16.9. The first kappa shape index (κ1) is 7.53. The lowest BCUT2D eigenvalue weighted by molar-refractivity contribution is 0.610. The van der Waals surface area contributed by atoms with Gasteiger partial charge in [-0.2, -0.15) is 0 Å². The molecule has 0 heterocycles. The molecule has 0 radical (unpaired) electrons. The van der Waals surface area contributed by atoms with Crippen molar-refractivity contribution in [3.05, 3.63) is 33.1 Å². The second-order valence-electron chi connectivity index (χ2n) is 2.94. The van der Waals surface area contributed by atoms with Crippen molar-refractivity contribution in [1.29, 1.82) is 0 Å². The summed E-state index contributed by atoms with van der Waals surface area (Å²) in [6, 6.07) is 5.32. The Bertz CT molecular complexity index is 279. The smallest absolute Gasteiger partial charge is 0.126 e. The molecule has 0 spiro atoms. The van der Waals surface area contributed by atoms with Gasteiger partial charge in [-0.05, 0) is 65.1 Å². The van der Waals surface area contributed by atoms with Crippen molar-refractivity contribution in [2.75, 3.05) is 0 Å². The molecule has 1 aromatic carbocycles. The molecular formula is C9H8FI. The van der Waals surface area contributed by atoms with Gasteiger partial charge in [0.15, 0.2) is 0 Å². The van der Waals surface area contributed by atoms with Crippen LogP contribution in [0.1, 0.15) is 24.3 Å². The van der Waals surface area contributed by atoms with Gasteiger partial charge in [0.05, 0.1) is 0 Å². The maximum absolute atomic E-state index is 13.1. The molecule has 1 aliphatic rings. The first-order chi connectivity index (χ1) is 5.27. The van der Waals surface area contributed by atoms with Crippen molar-refractivity contribution >= 4 is 22.6 Å². The Morgan fingerprint density at radius 2 is 2.09 bits per heavy atom. The zero-order chi connectivity index (χ0) is 7.84. The molecule has 2 heteroatoms. The summed E-state index contributed by atoms with van der Waals surface area (Å²) in [6.45, 7) is 0. The zero-order valence-corrected chi connectivity index (χ0v) is 8.14. The Balaban J connectivity index is 2.42. The van der Waals surface area contributed by atoms with E-state index in [1.807, 2.05) is 12.1 Å². The van der Waals surface area contributed by atoms with E-state index in [-0.39, 0.29) is 5.82 Å². The maximum atomic E-state index is 13.1. The van der Waals surface area contributed by atoms with Gasteiger partial charge in [-0.3, -0.25) is 0 Å². The summed E-state index contributed by atoms with van der Waals surface area (Å²) in [5, 5.41) is 0. The van der Waals surface area contributed by atoms with Crippen LogP contribution in [0.25, 0.3) is 0 Å². The molecule has 0 nitrogen and oxygen atoms in total. The minimum absolute atomic E-state index is 0.0343. The highest BCUT2D eigenvalue weighted by Gasteiger charge is 2.26. The van der Waals surface area contributed by atoms with Gasteiger partial charge in [-0.15, -0.1) is 0 Å². The van der Waals surface area contributed by atoms with E-state index in [0.29, 0.717) is 5.92 Å². The summed E-state index contributed by atoms with van der Waals surface area (Å²) in [5.74, 6) is 0.484. The molecule has 11 heavy (non-hydrogen) atoms. The minimum Gasteiger partial charge on any atom is -0.207 e. The van der Waals surface area contributed by atoms with E-state index in [0.717, 1.165) is 22.0 Å². The molecule has 0 N–H and O–H groups in total. The van der Waals surface area contributed by atoms with Crippen LogP contribution in [-0.2, 0) is 0 Å². The SMILES string of the molecule is Fc1ccc(I)cc1C1CC1. The van der Waals surface area contributed by atoms with Crippen LogP contribution in [0.4, 0.5) is 4.39 Å². The fourth-order valence-electron chi connectivity index (χ4n) is 1.22. The monoisotopic (exact) mass is 262 g/mol. The molecule has 0 amide bonds. The number of hydrogen-bond acceptors (Lipinski definition) is 0. The van der Waals surface area contributed by atoms with Gasteiger partial charge in [0, 0.05) is 3.57 Å². The van der Waals surface area contributed by atoms with Crippen LogP contribution < -0.4 is 0 Å². The van der Waals surface area contributed by atoms with E-state index in [1.54, 1.807) is 6.07 Å². The van der Waals surface area contributed by atoms with Crippen molar-refractivity contribution in [1.82, 2.24) is 0 Å². The Morgan fingerprint density at radius 3 is 2.73 bits per heavy atom. The minimum atomic E-state index is -0.0343. The maximum Gasteiger partial charge on any atom is 0.126 e. The van der Waals surface area contributed by atoms with Gasteiger partial charge >= 0.3 is 0 Å². The number of halogens is 2. The Labute approximate surface area is 78.9 Å². The number of benzene rings is 1. The van der Waals surface area contributed by atoms with Gasteiger partial charge in [-0.25, -0.2) is 4.39 Å². The molecule has 0 aliphatic heterocycles. The summed E-state index contributed by atoms with van der Waals surface area (Å²) in [7, 11) is 0. The lowest BCUT2D eigenvalue weighted by Crippen LogP contribution is -1.87. The molecule has 1 saturated carbocycles. The Kier molecular flexibility index (Phi) is 1.87. The summed E-state index contributed by atoms with van der Waals surface area (Å²) in [5.41, 5.74) is 0.914. The first-order valence-corrected chi connectivity index (χ1v) is 4.80. The topological polar surface area (TPSA) is 0 Å². The highest BCUT2D eigenvalue weighted by atomic mass is 127.